The van der Waals surface area contributed by atoms with Gasteiger partial charge in [-0.15, -0.1) is 0 Å². The lowest BCUT2D eigenvalue weighted by Gasteiger charge is -2.27. The van der Waals surface area contributed by atoms with Gasteiger partial charge in [-0.25, -0.2) is 4.79 Å². The topological polar surface area (TPSA) is 72.9 Å². The summed E-state index contributed by atoms with van der Waals surface area (Å²) in [6.45, 7) is 5.30. The van der Waals surface area contributed by atoms with E-state index in [1.807, 2.05) is 0 Å². The van der Waals surface area contributed by atoms with Gasteiger partial charge in [-0.1, -0.05) is 0 Å². The van der Waals surface area contributed by atoms with Gasteiger partial charge in [0.2, 0.25) is 0 Å². The number of carboxylic acids is 1. The van der Waals surface area contributed by atoms with Crippen molar-refractivity contribution in [3.8, 4) is 0 Å². The van der Waals surface area contributed by atoms with E-state index in [0.717, 1.165) is 25.9 Å². The van der Waals surface area contributed by atoms with Crippen molar-refractivity contribution in [2.45, 2.75) is 51.1 Å². The Morgan fingerprint density at radius 1 is 1.35 bits per heavy atom. The summed E-state index contributed by atoms with van der Waals surface area (Å²) in [4.78, 5) is 26.9. The van der Waals surface area contributed by atoms with E-state index in [1.54, 1.807) is 4.90 Å². The van der Waals surface area contributed by atoms with E-state index in [0.29, 0.717) is 19.1 Å². The normalized spacial score (nSPS) is 20.6. The van der Waals surface area contributed by atoms with Crippen molar-refractivity contribution in [2.75, 3.05) is 26.2 Å². The van der Waals surface area contributed by atoms with Crippen molar-refractivity contribution in [2.24, 2.45) is 0 Å². The smallest absolute Gasteiger partial charge is 0.317 e. The lowest BCUT2D eigenvalue weighted by Crippen LogP contribution is -2.47. The number of urea groups is 1. The number of likely N-dealkylation sites (tertiary alicyclic amines) is 1. The number of hydrogen-bond acceptors (Lipinski definition) is 3. The lowest BCUT2D eigenvalue weighted by atomic mass is 10.3. The van der Waals surface area contributed by atoms with Crippen LogP contribution in [0.25, 0.3) is 0 Å². The number of hydrogen-bond donors (Lipinski definition) is 2. The fourth-order valence-electron chi connectivity index (χ4n) is 2.70. The maximum atomic E-state index is 12.2. The Morgan fingerprint density at radius 2 is 2.00 bits per heavy atom. The summed E-state index contributed by atoms with van der Waals surface area (Å²) in [5.41, 5.74) is 0. The van der Waals surface area contributed by atoms with Crippen LogP contribution in [0.1, 0.15) is 39.0 Å². The highest BCUT2D eigenvalue weighted by Crippen LogP contribution is 2.26. The van der Waals surface area contributed by atoms with Crippen LogP contribution < -0.4 is 5.32 Å². The predicted molar refractivity (Wildman–Crippen MR) is 75.6 cm³/mol. The van der Waals surface area contributed by atoms with E-state index < -0.39 is 5.97 Å². The Hall–Kier alpha value is -1.30. The number of nitrogens with zero attached hydrogens (tertiary/aromatic N) is 2. The minimum absolute atomic E-state index is 0.0194. The third-order valence-corrected chi connectivity index (χ3v) is 4.13. The SMILES string of the molecule is CC(CNC(=O)N(CCC(=O)O)C1CC1)N1CCCC1. The molecular formula is C14H25N3O3. The summed E-state index contributed by atoms with van der Waals surface area (Å²) >= 11 is 0. The van der Waals surface area contributed by atoms with E-state index in [1.165, 1.54) is 12.8 Å². The molecule has 6 nitrogen and oxygen atoms in total. The molecule has 2 N–H and O–H groups in total. The molecule has 6 heteroatoms. The molecule has 0 aromatic rings. The first-order valence-electron chi connectivity index (χ1n) is 7.58. The average Bonchev–Trinajstić information content (AvgIpc) is 3.08. The molecule has 1 saturated carbocycles. The van der Waals surface area contributed by atoms with Crippen LogP contribution in [0.5, 0.6) is 0 Å². The molecule has 0 bridgehead atoms. The largest absolute Gasteiger partial charge is 0.481 e. The van der Waals surface area contributed by atoms with Gasteiger partial charge in [0.25, 0.3) is 0 Å². The fraction of sp³-hybridized carbons (Fsp3) is 0.857. The van der Waals surface area contributed by atoms with Gasteiger partial charge in [-0.05, 0) is 45.7 Å². The maximum Gasteiger partial charge on any atom is 0.317 e. The van der Waals surface area contributed by atoms with Crippen molar-refractivity contribution in [3.63, 3.8) is 0 Å². The van der Waals surface area contributed by atoms with E-state index in [9.17, 15) is 9.59 Å². The van der Waals surface area contributed by atoms with E-state index in [-0.39, 0.29) is 18.5 Å². The van der Waals surface area contributed by atoms with Crippen molar-refractivity contribution in [1.29, 1.82) is 0 Å². The molecule has 1 aliphatic heterocycles. The summed E-state index contributed by atoms with van der Waals surface area (Å²) in [5.74, 6) is -0.853. The van der Waals surface area contributed by atoms with Crippen LogP contribution in [0.4, 0.5) is 4.79 Å². The molecule has 2 amide bonds. The van der Waals surface area contributed by atoms with Crippen LogP contribution in [-0.4, -0.2) is 65.2 Å². The summed E-state index contributed by atoms with van der Waals surface area (Å²) in [7, 11) is 0. The highest BCUT2D eigenvalue weighted by Gasteiger charge is 2.32. The third kappa shape index (κ3) is 4.37. The second-order valence-electron chi connectivity index (χ2n) is 5.85. The maximum absolute atomic E-state index is 12.2. The van der Waals surface area contributed by atoms with Crippen LogP contribution in [0.3, 0.4) is 0 Å². The number of rotatable bonds is 7. The van der Waals surface area contributed by atoms with Crippen molar-refractivity contribution < 1.29 is 14.7 Å². The van der Waals surface area contributed by atoms with Gasteiger partial charge in [-0.3, -0.25) is 9.69 Å². The molecule has 114 valence electrons. The van der Waals surface area contributed by atoms with E-state index in [2.05, 4.69) is 17.1 Å². The number of nitrogens with one attached hydrogen (secondary N) is 1. The Balaban J connectivity index is 1.74. The van der Waals surface area contributed by atoms with Crippen LogP contribution in [-0.2, 0) is 4.79 Å². The monoisotopic (exact) mass is 283 g/mol. The van der Waals surface area contributed by atoms with Crippen LogP contribution >= 0.6 is 0 Å². The van der Waals surface area contributed by atoms with Crippen molar-refractivity contribution >= 4 is 12.0 Å². The van der Waals surface area contributed by atoms with E-state index >= 15 is 0 Å². The molecule has 2 fully saturated rings. The Bertz CT molecular complexity index is 352. The number of carbonyl (C=O) groups is 2. The first-order valence-corrected chi connectivity index (χ1v) is 7.58. The molecule has 1 saturated heterocycles. The molecule has 20 heavy (non-hydrogen) atoms. The van der Waals surface area contributed by atoms with Gasteiger partial charge >= 0.3 is 12.0 Å². The van der Waals surface area contributed by atoms with Gasteiger partial charge in [0.05, 0.1) is 6.42 Å². The van der Waals surface area contributed by atoms with Crippen LogP contribution in [0.15, 0.2) is 0 Å². The number of aliphatic carboxylic acids is 1. The summed E-state index contributed by atoms with van der Waals surface area (Å²) in [6, 6.07) is 0.484. The summed E-state index contributed by atoms with van der Waals surface area (Å²) in [5, 5.41) is 11.7. The first-order chi connectivity index (χ1) is 9.58. The zero-order valence-corrected chi connectivity index (χ0v) is 12.2. The zero-order chi connectivity index (χ0) is 14.5. The standard InChI is InChI=1S/C14H25N3O3/c1-11(16-7-2-3-8-16)10-15-14(20)17(12-4-5-12)9-6-13(18)19/h11-12H,2-10H2,1H3,(H,15,20)(H,18,19). The molecule has 0 aromatic carbocycles. The highest BCUT2D eigenvalue weighted by atomic mass is 16.4. The summed E-state index contributed by atoms with van der Waals surface area (Å²) < 4.78 is 0. The van der Waals surface area contributed by atoms with Gasteiger partial charge < -0.3 is 15.3 Å². The molecule has 0 aromatic heterocycles. The van der Waals surface area contributed by atoms with Crippen LogP contribution in [0.2, 0.25) is 0 Å². The van der Waals surface area contributed by atoms with Crippen LogP contribution in [0, 0.1) is 0 Å². The van der Waals surface area contributed by atoms with Gasteiger partial charge in [-0.2, -0.15) is 0 Å². The average molecular weight is 283 g/mol. The van der Waals surface area contributed by atoms with Crippen molar-refractivity contribution in [3.05, 3.63) is 0 Å². The molecule has 2 aliphatic rings. The molecule has 0 spiro atoms. The van der Waals surface area contributed by atoms with E-state index in [4.69, 9.17) is 5.11 Å². The third-order valence-electron chi connectivity index (χ3n) is 4.13. The Labute approximate surface area is 120 Å². The number of carboxylic acid groups (broad SMARTS) is 1. The van der Waals surface area contributed by atoms with Gasteiger partial charge in [0.15, 0.2) is 0 Å². The molecule has 1 atom stereocenters. The second-order valence-corrected chi connectivity index (χ2v) is 5.85. The highest BCUT2D eigenvalue weighted by molar-refractivity contribution is 5.76. The minimum atomic E-state index is -0.853. The molecular weight excluding hydrogens is 258 g/mol. The quantitative estimate of drug-likeness (QED) is 0.734. The second kappa shape index (κ2) is 6.92. The number of carbonyl (C=O) groups excluding carboxylic acids is 1. The molecule has 2 rings (SSSR count). The first kappa shape index (κ1) is 15.1. The van der Waals surface area contributed by atoms with Gasteiger partial charge in [0, 0.05) is 25.2 Å². The summed E-state index contributed by atoms with van der Waals surface area (Å²) in [6.07, 6.45) is 4.49. The Kier molecular flexibility index (Phi) is 5.23. The zero-order valence-electron chi connectivity index (χ0n) is 12.2. The molecule has 1 unspecified atom stereocenters. The van der Waals surface area contributed by atoms with Crippen molar-refractivity contribution in [1.82, 2.24) is 15.1 Å². The lowest BCUT2D eigenvalue weighted by molar-refractivity contribution is -0.137. The molecule has 0 radical (unpaired) electrons. The van der Waals surface area contributed by atoms with Gasteiger partial charge in [0.1, 0.15) is 0 Å². The minimum Gasteiger partial charge on any atom is -0.481 e. The molecule has 1 aliphatic carbocycles. The molecule has 1 heterocycles. The predicted octanol–water partition coefficient (Wildman–Crippen LogP) is 1.12. The Morgan fingerprint density at radius 3 is 2.55 bits per heavy atom. The number of amides is 2. The fourth-order valence-corrected chi connectivity index (χ4v) is 2.70.